The minimum absolute atomic E-state index is 0.0672. The highest BCUT2D eigenvalue weighted by atomic mass is 35.5. The number of hydrogen-bond donors (Lipinski definition) is 2. The maximum absolute atomic E-state index is 12.8. The molecule has 1 atom stereocenters. The SMILES string of the molecule is CCOc1ccc(Cl)cc1S(=O)(=O)NC(C)C(=O)NC1CCCCCCC1. The number of carbonyl (C=O) groups is 1. The summed E-state index contributed by atoms with van der Waals surface area (Å²) < 4.78 is 33.3. The molecule has 1 amide bonds. The first-order valence-electron chi connectivity index (χ1n) is 9.58. The van der Waals surface area contributed by atoms with Gasteiger partial charge in [-0.25, -0.2) is 8.42 Å². The molecule has 1 aromatic rings. The van der Waals surface area contributed by atoms with Crippen LogP contribution in [-0.4, -0.2) is 33.0 Å². The smallest absolute Gasteiger partial charge is 0.245 e. The monoisotopic (exact) mass is 416 g/mol. The lowest BCUT2D eigenvalue weighted by Gasteiger charge is -2.23. The van der Waals surface area contributed by atoms with Crippen molar-refractivity contribution in [2.45, 2.75) is 75.8 Å². The molecule has 6 nitrogen and oxygen atoms in total. The fourth-order valence-corrected chi connectivity index (χ4v) is 4.85. The maximum atomic E-state index is 12.8. The first kappa shape index (κ1) is 22.0. The van der Waals surface area contributed by atoms with E-state index in [-0.39, 0.29) is 27.6 Å². The summed E-state index contributed by atoms with van der Waals surface area (Å²) in [6.45, 7) is 3.63. The van der Waals surface area contributed by atoms with E-state index in [1.165, 1.54) is 31.4 Å². The third kappa shape index (κ3) is 6.66. The molecule has 0 radical (unpaired) electrons. The molecule has 8 heteroatoms. The second-order valence-electron chi connectivity index (χ2n) is 6.92. The molecule has 1 fully saturated rings. The van der Waals surface area contributed by atoms with Crippen LogP contribution in [0.2, 0.25) is 5.02 Å². The van der Waals surface area contributed by atoms with Gasteiger partial charge >= 0.3 is 0 Å². The maximum Gasteiger partial charge on any atom is 0.245 e. The molecule has 1 unspecified atom stereocenters. The van der Waals surface area contributed by atoms with Gasteiger partial charge < -0.3 is 10.1 Å². The highest BCUT2D eigenvalue weighted by molar-refractivity contribution is 7.89. The summed E-state index contributed by atoms with van der Waals surface area (Å²) in [6, 6.07) is 3.62. The Morgan fingerprint density at radius 3 is 2.48 bits per heavy atom. The normalized spacial score (nSPS) is 17.6. The van der Waals surface area contributed by atoms with E-state index in [2.05, 4.69) is 10.0 Å². The van der Waals surface area contributed by atoms with Gasteiger partial charge in [-0.05, 0) is 44.9 Å². The van der Waals surface area contributed by atoms with Gasteiger partial charge in [-0.2, -0.15) is 4.72 Å². The van der Waals surface area contributed by atoms with Crippen LogP contribution in [0.4, 0.5) is 0 Å². The zero-order valence-corrected chi connectivity index (χ0v) is 17.5. The van der Waals surface area contributed by atoms with Crippen LogP contribution in [0, 0.1) is 0 Å². The van der Waals surface area contributed by atoms with E-state index in [1.807, 2.05) is 0 Å². The molecule has 152 valence electrons. The summed E-state index contributed by atoms with van der Waals surface area (Å²) in [4.78, 5) is 12.4. The number of nitrogens with one attached hydrogen (secondary N) is 2. The molecule has 2 rings (SSSR count). The molecule has 0 bridgehead atoms. The molecule has 0 aliphatic heterocycles. The lowest BCUT2D eigenvalue weighted by Crippen LogP contribution is -2.48. The van der Waals surface area contributed by atoms with Crippen LogP contribution >= 0.6 is 11.6 Å². The Kier molecular flexibility index (Phi) is 8.38. The molecular weight excluding hydrogens is 388 g/mol. The van der Waals surface area contributed by atoms with E-state index in [1.54, 1.807) is 19.9 Å². The van der Waals surface area contributed by atoms with Crippen molar-refractivity contribution in [1.29, 1.82) is 0 Å². The van der Waals surface area contributed by atoms with Crippen molar-refractivity contribution in [1.82, 2.24) is 10.0 Å². The van der Waals surface area contributed by atoms with Gasteiger partial charge in [0, 0.05) is 11.1 Å². The fourth-order valence-electron chi connectivity index (χ4n) is 3.24. The van der Waals surface area contributed by atoms with Crippen LogP contribution in [0.1, 0.15) is 58.8 Å². The second kappa shape index (κ2) is 10.3. The van der Waals surface area contributed by atoms with Crippen molar-refractivity contribution in [3.8, 4) is 5.75 Å². The van der Waals surface area contributed by atoms with Gasteiger partial charge in [0.05, 0.1) is 12.6 Å². The van der Waals surface area contributed by atoms with Gasteiger partial charge in [0.2, 0.25) is 15.9 Å². The number of ether oxygens (including phenoxy) is 1. The van der Waals surface area contributed by atoms with Crippen molar-refractivity contribution in [3.63, 3.8) is 0 Å². The molecular formula is C19H29ClN2O4S. The molecule has 0 heterocycles. The van der Waals surface area contributed by atoms with Gasteiger partial charge in [-0.1, -0.05) is 43.7 Å². The minimum Gasteiger partial charge on any atom is -0.492 e. The van der Waals surface area contributed by atoms with Crippen molar-refractivity contribution >= 4 is 27.5 Å². The molecule has 0 spiro atoms. The van der Waals surface area contributed by atoms with Crippen molar-refractivity contribution < 1.29 is 17.9 Å². The fraction of sp³-hybridized carbons (Fsp3) is 0.632. The number of hydrogen-bond acceptors (Lipinski definition) is 4. The predicted molar refractivity (Wildman–Crippen MR) is 107 cm³/mol. The molecule has 1 aliphatic rings. The molecule has 0 saturated heterocycles. The van der Waals surface area contributed by atoms with Crippen LogP contribution in [0.15, 0.2) is 23.1 Å². The van der Waals surface area contributed by atoms with Crippen molar-refractivity contribution in [2.24, 2.45) is 0 Å². The molecule has 1 aliphatic carbocycles. The number of benzene rings is 1. The highest BCUT2D eigenvalue weighted by Crippen LogP contribution is 2.27. The van der Waals surface area contributed by atoms with E-state index < -0.39 is 16.1 Å². The summed E-state index contributed by atoms with van der Waals surface area (Å²) in [5, 5.41) is 3.27. The standard InChI is InChI=1S/C19H29ClN2O4S/c1-3-26-17-12-11-15(20)13-18(17)27(24,25)22-14(2)19(23)21-16-9-7-5-4-6-8-10-16/h11-14,16,22H,3-10H2,1-2H3,(H,21,23). The van der Waals surface area contributed by atoms with Gasteiger partial charge in [0.15, 0.2) is 0 Å². The van der Waals surface area contributed by atoms with Crippen LogP contribution in [0.5, 0.6) is 5.75 Å². The number of carbonyl (C=O) groups excluding carboxylic acids is 1. The van der Waals surface area contributed by atoms with Crippen LogP contribution < -0.4 is 14.8 Å². The highest BCUT2D eigenvalue weighted by Gasteiger charge is 2.26. The topological polar surface area (TPSA) is 84.5 Å². The van der Waals surface area contributed by atoms with E-state index in [9.17, 15) is 13.2 Å². The lowest BCUT2D eigenvalue weighted by molar-refractivity contribution is -0.123. The first-order valence-corrected chi connectivity index (χ1v) is 11.4. The summed E-state index contributed by atoms with van der Waals surface area (Å²) in [7, 11) is -3.95. The quantitative estimate of drug-likeness (QED) is 0.710. The van der Waals surface area contributed by atoms with Crippen molar-refractivity contribution in [2.75, 3.05) is 6.61 Å². The predicted octanol–water partition coefficient (Wildman–Crippen LogP) is 3.63. The third-order valence-electron chi connectivity index (χ3n) is 4.67. The Labute approximate surface area is 167 Å². The van der Waals surface area contributed by atoms with Crippen LogP contribution in [-0.2, 0) is 14.8 Å². The Morgan fingerprint density at radius 1 is 1.22 bits per heavy atom. The number of rotatable bonds is 7. The van der Waals surface area contributed by atoms with E-state index in [0.717, 1.165) is 25.7 Å². The Bertz CT molecular complexity index is 731. The van der Waals surface area contributed by atoms with Crippen LogP contribution in [0.25, 0.3) is 0 Å². The molecule has 1 aromatic carbocycles. The minimum atomic E-state index is -3.95. The molecule has 1 saturated carbocycles. The summed E-state index contributed by atoms with van der Waals surface area (Å²) in [5.74, 6) is -0.105. The lowest BCUT2D eigenvalue weighted by atomic mass is 9.96. The number of amides is 1. The summed E-state index contributed by atoms with van der Waals surface area (Å²) in [5.41, 5.74) is 0. The zero-order chi connectivity index (χ0) is 19.9. The molecule has 0 aromatic heterocycles. The Hall–Kier alpha value is -1.31. The average molecular weight is 417 g/mol. The summed E-state index contributed by atoms with van der Waals surface area (Å²) >= 11 is 5.95. The number of halogens is 1. The zero-order valence-electron chi connectivity index (χ0n) is 16.0. The van der Waals surface area contributed by atoms with Gasteiger partial charge in [0.1, 0.15) is 10.6 Å². The second-order valence-corrected chi connectivity index (χ2v) is 9.04. The van der Waals surface area contributed by atoms with E-state index in [4.69, 9.17) is 16.3 Å². The Morgan fingerprint density at radius 2 is 1.85 bits per heavy atom. The Balaban J connectivity index is 2.05. The van der Waals surface area contributed by atoms with E-state index >= 15 is 0 Å². The van der Waals surface area contributed by atoms with Gasteiger partial charge in [-0.3, -0.25) is 4.79 Å². The van der Waals surface area contributed by atoms with Crippen molar-refractivity contribution in [3.05, 3.63) is 23.2 Å². The third-order valence-corrected chi connectivity index (χ3v) is 6.47. The average Bonchev–Trinajstić information content (AvgIpc) is 2.58. The van der Waals surface area contributed by atoms with Gasteiger partial charge in [-0.15, -0.1) is 0 Å². The van der Waals surface area contributed by atoms with E-state index in [0.29, 0.717) is 6.61 Å². The molecule has 2 N–H and O–H groups in total. The largest absolute Gasteiger partial charge is 0.492 e. The molecule has 27 heavy (non-hydrogen) atoms. The van der Waals surface area contributed by atoms with Crippen LogP contribution in [0.3, 0.4) is 0 Å². The van der Waals surface area contributed by atoms with Gasteiger partial charge in [0.25, 0.3) is 0 Å². The first-order chi connectivity index (χ1) is 12.8. The summed E-state index contributed by atoms with van der Waals surface area (Å²) in [6.07, 6.45) is 7.67. The number of sulfonamides is 1.